The fourth-order valence-electron chi connectivity index (χ4n) is 4.17. The summed E-state index contributed by atoms with van der Waals surface area (Å²) in [6.45, 7) is 3.01. The fourth-order valence-corrected chi connectivity index (χ4v) is 4.17. The Morgan fingerprint density at radius 2 is 1.61 bits per heavy atom. The van der Waals surface area contributed by atoms with E-state index in [-0.39, 0.29) is 5.69 Å². The van der Waals surface area contributed by atoms with Gasteiger partial charge >= 0.3 is 6.03 Å². The van der Waals surface area contributed by atoms with Gasteiger partial charge in [0.05, 0.1) is 11.4 Å². The van der Waals surface area contributed by atoms with Gasteiger partial charge in [0.1, 0.15) is 17.8 Å². The molecular formula is C24H25N5O4. The summed E-state index contributed by atoms with van der Waals surface area (Å²) in [5, 5.41) is 5.34. The molecule has 0 bridgehead atoms. The molecule has 2 heterocycles. The van der Waals surface area contributed by atoms with Crippen molar-refractivity contribution >= 4 is 23.5 Å². The lowest BCUT2D eigenvalue weighted by atomic mass is 9.87. The zero-order valence-corrected chi connectivity index (χ0v) is 18.7. The number of hydrogen-bond donors (Lipinski definition) is 2. The van der Waals surface area contributed by atoms with Crippen molar-refractivity contribution in [3.63, 3.8) is 0 Å². The van der Waals surface area contributed by atoms with Crippen LogP contribution in [0.5, 0.6) is 0 Å². The van der Waals surface area contributed by atoms with Gasteiger partial charge in [-0.3, -0.25) is 24.0 Å². The summed E-state index contributed by atoms with van der Waals surface area (Å²) >= 11 is 0. The van der Waals surface area contributed by atoms with Crippen LogP contribution in [-0.2, 0) is 22.2 Å². The van der Waals surface area contributed by atoms with Crippen LogP contribution in [-0.4, -0.2) is 38.7 Å². The quantitative estimate of drug-likeness (QED) is 0.566. The molecule has 33 heavy (non-hydrogen) atoms. The molecule has 0 unspecified atom stereocenters. The third kappa shape index (κ3) is 3.61. The van der Waals surface area contributed by atoms with Crippen molar-refractivity contribution < 1.29 is 14.4 Å². The second-order valence-electron chi connectivity index (χ2n) is 7.93. The van der Waals surface area contributed by atoms with Crippen molar-refractivity contribution in [3.05, 3.63) is 82.3 Å². The number of urea groups is 1. The van der Waals surface area contributed by atoms with Gasteiger partial charge in [-0.05, 0) is 31.0 Å². The van der Waals surface area contributed by atoms with Gasteiger partial charge < -0.3 is 10.6 Å². The molecule has 4 rings (SSSR count). The summed E-state index contributed by atoms with van der Waals surface area (Å²) in [6.07, 6.45) is 0.333. The van der Waals surface area contributed by atoms with Gasteiger partial charge in [0.15, 0.2) is 0 Å². The highest BCUT2D eigenvalue weighted by molar-refractivity contribution is 6.10. The Hall–Kier alpha value is -4.14. The highest BCUT2D eigenvalue weighted by atomic mass is 16.2. The number of carbonyl (C=O) groups is 3. The van der Waals surface area contributed by atoms with E-state index in [2.05, 4.69) is 10.6 Å². The second-order valence-corrected chi connectivity index (χ2v) is 7.93. The number of anilines is 1. The van der Waals surface area contributed by atoms with Gasteiger partial charge in [0.2, 0.25) is 5.91 Å². The lowest BCUT2D eigenvalue weighted by Crippen LogP contribution is -2.44. The highest BCUT2D eigenvalue weighted by Crippen LogP contribution is 2.32. The predicted octanol–water partition coefficient (Wildman–Crippen LogP) is 2.28. The molecule has 0 aliphatic carbocycles. The molecule has 170 valence electrons. The maximum atomic E-state index is 13.2. The van der Waals surface area contributed by atoms with Crippen molar-refractivity contribution in [2.45, 2.75) is 25.8 Å². The van der Waals surface area contributed by atoms with Gasteiger partial charge in [-0.15, -0.1) is 0 Å². The number of hydrogen-bond acceptors (Lipinski definition) is 4. The number of imide groups is 1. The van der Waals surface area contributed by atoms with E-state index in [1.807, 2.05) is 24.3 Å². The Labute approximate surface area is 190 Å². The van der Waals surface area contributed by atoms with E-state index in [0.717, 1.165) is 4.90 Å². The number of rotatable bonds is 6. The summed E-state index contributed by atoms with van der Waals surface area (Å²) in [6, 6.07) is 17.3. The predicted molar refractivity (Wildman–Crippen MR) is 123 cm³/mol. The molecule has 4 amide bonds. The standard InChI is InChI=1S/C24H25N5O4/c1-4-24(17-11-7-5-8-12-17)22(32)28(23(33)26-24)15-19(30)25-20-16(2)27(3)29(21(20)31)18-13-9-6-10-14-18/h5-14H,4,15H2,1-3H3,(H,25,30)(H,26,33)/t24-/m0/s1. The van der Waals surface area contributed by atoms with E-state index < -0.39 is 35.5 Å². The molecule has 1 aliphatic heterocycles. The summed E-state index contributed by atoms with van der Waals surface area (Å²) in [4.78, 5) is 52.6. The maximum Gasteiger partial charge on any atom is 0.325 e. The molecule has 1 saturated heterocycles. The Kier molecular flexibility index (Phi) is 5.63. The zero-order valence-electron chi connectivity index (χ0n) is 18.7. The summed E-state index contributed by atoms with van der Waals surface area (Å²) < 4.78 is 3.08. The van der Waals surface area contributed by atoms with Crippen LogP contribution in [0.3, 0.4) is 0 Å². The summed E-state index contributed by atoms with van der Waals surface area (Å²) in [7, 11) is 1.71. The summed E-state index contributed by atoms with van der Waals surface area (Å²) in [5.74, 6) is -1.13. The second kappa shape index (κ2) is 8.42. The first-order chi connectivity index (χ1) is 15.8. The molecule has 1 fully saturated rings. The molecule has 9 heteroatoms. The Morgan fingerprint density at radius 1 is 1.00 bits per heavy atom. The van der Waals surface area contributed by atoms with Crippen molar-refractivity contribution in [1.29, 1.82) is 0 Å². The lowest BCUT2D eigenvalue weighted by Gasteiger charge is -2.25. The minimum Gasteiger partial charge on any atom is -0.319 e. The van der Waals surface area contributed by atoms with Gasteiger partial charge in [-0.1, -0.05) is 55.5 Å². The Balaban J connectivity index is 1.57. The van der Waals surface area contributed by atoms with Crippen molar-refractivity contribution in [2.75, 3.05) is 11.9 Å². The first-order valence-electron chi connectivity index (χ1n) is 10.6. The molecule has 0 saturated carbocycles. The number of aromatic nitrogens is 2. The molecule has 3 aromatic rings. The number of para-hydroxylation sites is 1. The number of amides is 4. The summed E-state index contributed by atoms with van der Waals surface area (Å²) in [5.41, 5.74) is 0.321. The van der Waals surface area contributed by atoms with E-state index in [0.29, 0.717) is 23.4 Å². The average Bonchev–Trinajstić information content (AvgIpc) is 3.20. The van der Waals surface area contributed by atoms with Gasteiger partial charge in [-0.25, -0.2) is 9.48 Å². The van der Waals surface area contributed by atoms with Crippen LogP contribution in [0, 0.1) is 6.92 Å². The smallest absolute Gasteiger partial charge is 0.319 e. The van der Waals surface area contributed by atoms with E-state index in [1.54, 1.807) is 62.0 Å². The lowest BCUT2D eigenvalue weighted by molar-refractivity contribution is -0.134. The first kappa shape index (κ1) is 22.1. The Bertz CT molecular complexity index is 1280. The van der Waals surface area contributed by atoms with Crippen LogP contribution >= 0.6 is 0 Å². The minimum atomic E-state index is -1.22. The maximum absolute atomic E-state index is 13.2. The normalized spacial score (nSPS) is 17.8. The molecule has 1 atom stereocenters. The van der Waals surface area contributed by atoms with Crippen molar-refractivity contribution in [1.82, 2.24) is 19.6 Å². The third-order valence-corrected chi connectivity index (χ3v) is 6.09. The van der Waals surface area contributed by atoms with Crippen LogP contribution in [0.2, 0.25) is 0 Å². The minimum absolute atomic E-state index is 0.100. The number of nitrogens with zero attached hydrogens (tertiary/aromatic N) is 3. The fraction of sp³-hybridized carbons (Fsp3) is 0.250. The molecule has 2 aromatic carbocycles. The molecule has 9 nitrogen and oxygen atoms in total. The molecule has 0 spiro atoms. The van der Waals surface area contributed by atoms with Gasteiger partial charge in [0.25, 0.3) is 11.5 Å². The molecular weight excluding hydrogens is 422 g/mol. The molecule has 1 aromatic heterocycles. The van der Waals surface area contributed by atoms with Gasteiger partial charge in [-0.2, -0.15) is 0 Å². The van der Waals surface area contributed by atoms with Crippen LogP contribution in [0.15, 0.2) is 65.5 Å². The largest absolute Gasteiger partial charge is 0.325 e. The van der Waals surface area contributed by atoms with E-state index >= 15 is 0 Å². The van der Waals surface area contributed by atoms with Crippen LogP contribution in [0.1, 0.15) is 24.6 Å². The average molecular weight is 447 g/mol. The van der Waals surface area contributed by atoms with Gasteiger partial charge in [0, 0.05) is 7.05 Å². The molecule has 0 radical (unpaired) electrons. The number of benzene rings is 2. The van der Waals surface area contributed by atoms with Crippen LogP contribution in [0.4, 0.5) is 10.5 Å². The highest BCUT2D eigenvalue weighted by Gasteiger charge is 2.51. The monoisotopic (exact) mass is 447 g/mol. The van der Waals surface area contributed by atoms with E-state index in [9.17, 15) is 19.2 Å². The number of nitrogens with one attached hydrogen (secondary N) is 2. The van der Waals surface area contributed by atoms with Crippen molar-refractivity contribution in [3.8, 4) is 5.69 Å². The van der Waals surface area contributed by atoms with Crippen LogP contribution < -0.4 is 16.2 Å². The third-order valence-electron chi connectivity index (χ3n) is 6.09. The van der Waals surface area contributed by atoms with E-state index in [4.69, 9.17) is 0 Å². The van der Waals surface area contributed by atoms with E-state index in [1.165, 1.54) is 4.68 Å². The number of carbonyl (C=O) groups excluding carboxylic acids is 3. The molecule has 1 aliphatic rings. The topological polar surface area (TPSA) is 105 Å². The SMILES string of the molecule is CC[C@@]1(c2ccccc2)NC(=O)N(CC(=O)Nc2c(C)n(C)n(-c3ccccc3)c2=O)C1=O. The zero-order chi connectivity index (χ0) is 23.8. The van der Waals surface area contributed by atoms with Crippen LogP contribution in [0.25, 0.3) is 5.69 Å². The molecule has 2 N–H and O–H groups in total. The first-order valence-corrected chi connectivity index (χ1v) is 10.6. The Morgan fingerprint density at radius 3 is 2.21 bits per heavy atom. The van der Waals surface area contributed by atoms with Crippen molar-refractivity contribution in [2.24, 2.45) is 7.05 Å².